The van der Waals surface area contributed by atoms with Gasteiger partial charge in [0.1, 0.15) is 11.4 Å². The first-order valence-corrected chi connectivity index (χ1v) is 7.20. The number of hydrogen-bond donors (Lipinski definition) is 1. The summed E-state index contributed by atoms with van der Waals surface area (Å²) in [7, 11) is 0. The standard InChI is InChI=1S/C18H15N3O2/c22-17(15-9-4-5-11-19-15)20-16-10-6-12-21(18(16)23)13-14-7-2-1-3-8-14/h1-12H,13H2,(H,20,22). The van der Waals surface area contributed by atoms with E-state index in [1.165, 1.54) is 6.20 Å². The molecule has 0 fully saturated rings. The molecule has 1 amide bonds. The molecule has 0 aliphatic heterocycles. The zero-order chi connectivity index (χ0) is 16.1. The highest BCUT2D eigenvalue weighted by Crippen LogP contribution is 2.05. The van der Waals surface area contributed by atoms with E-state index in [1.54, 1.807) is 41.1 Å². The Morgan fingerprint density at radius 1 is 1.00 bits per heavy atom. The first-order valence-electron chi connectivity index (χ1n) is 7.20. The molecule has 0 spiro atoms. The van der Waals surface area contributed by atoms with Gasteiger partial charge in [-0.05, 0) is 29.8 Å². The molecule has 0 aliphatic rings. The number of rotatable bonds is 4. The molecule has 0 saturated heterocycles. The van der Waals surface area contributed by atoms with Crippen LogP contribution in [0.2, 0.25) is 0 Å². The van der Waals surface area contributed by atoms with Crippen LogP contribution < -0.4 is 10.9 Å². The van der Waals surface area contributed by atoms with Crippen LogP contribution in [-0.2, 0) is 6.54 Å². The molecule has 5 heteroatoms. The van der Waals surface area contributed by atoms with E-state index in [1.807, 2.05) is 30.3 Å². The molecule has 0 atom stereocenters. The fourth-order valence-electron chi connectivity index (χ4n) is 2.22. The van der Waals surface area contributed by atoms with Crippen LogP contribution in [-0.4, -0.2) is 15.5 Å². The fourth-order valence-corrected chi connectivity index (χ4v) is 2.22. The Hall–Kier alpha value is -3.21. The number of aromatic nitrogens is 2. The van der Waals surface area contributed by atoms with Crippen molar-refractivity contribution >= 4 is 11.6 Å². The summed E-state index contributed by atoms with van der Waals surface area (Å²) in [6.07, 6.45) is 3.24. The Labute approximate surface area is 133 Å². The van der Waals surface area contributed by atoms with Gasteiger partial charge in [-0.15, -0.1) is 0 Å². The number of hydrogen-bond acceptors (Lipinski definition) is 3. The molecular formula is C18H15N3O2. The maximum Gasteiger partial charge on any atom is 0.274 e. The second-order valence-electron chi connectivity index (χ2n) is 5.01. The number of carbonyl (C=O) groups excluding carboxylic acids is 1. The van der Waals surface area contributed by atoms with Crippen LogP contribution in [0.5, 0.6) is 0 Å². The van der Waals surface area contributed by atoms with Crippen molar-refractivity contribution in [2.24, 2.45) is 0 Å². The quantitative estimate of drug-likeness (QED) is 0.805. The van der Waals surface area contributed by atoms with E-state index >= 15 is 0 Å². The van der Waals surface area contributed by atoms with E-state index < -0.39 is 5.91 Å². The molecule has 0 bridgehead atoms. The third-order valence-electron chi connectivity index (χ3n) is 3.36. The zero-order valence-corrected chi connectivity index (χ0v) is 12.3. The van der Waals surface area contributed by atoms with Crippen LogP contribution in [0.1, 0.15) is 16.1 Å². The molecule has 0 unspecified atom stereocenters. The first kappa shape index (κ1) is 14.7. The zero-order valence-electron chi connectivity index (χ0n) is 12.3. The monoisotopic (exact) mass is 305 g/mol. The molecule has 2 heterocycles. The molecule has 5 nitrogen and oxygen atoms in total. The maximum absolute atomic E-state index is 12.5. The van der Waals surface area contributed by atoms with Crippen LogP contribution in [0.25, 0.3) is 0 Å². The second kappa shape index (κ2) is 6.70. The molecule has 0 saturated carbocycles. The van der Waals surface area contributed by atoms with E-state index in [4.69, 9.17) is 0 Å². The minimum atomic E-state index is -0.403. The van der Waals surface area contributed by atoms with Crippen molar-refractivity contribution in [1.82, 2.24) is 9.55 Å². The van der Waals surface area contributed by atoms with E-state index in [-0.39, 0.29) is 16.9 Å². The lowest BCUT2D eigenvalue weighted by Gasteiger charge is -2.09. The number of benzene rings is 1. The Morgan fingerprint density at radius 3 is 2.52 bits per heavy atom. The van der Waals surface area contributed by atoms with Gasteiger partial charge in [-0.1, -0.05) is 36.4 Å². The lowest BCUT2D eigenvalue weighted by molar-refractivity contribution is 0.102. The number of carbonyl (C=O) groups is 1. The molecule has 114 valence electrons. The molecule has 3 aromatic rings. The molecular weight excluding hydrogens is 290 g/mol. The van der Waals surface area contributed by atoms with Gasteiger partial charge in [0.05, 0.1) is 6.54 Å². The maximum atomic E-state index is 12.5. The van der Waals surface area contributed by atoms with Crippen molar-refractivity contribution < 1.29 is 4.79 Å². The third-order valence-corrected chi connectivity index (χ3v) is 3.36. The Morgan fingerprint density at radius 2 is 1.78 bits per heavy atom. The van der Waals surface area contributed by atoms with Crippen molar-refractivity contribution in [2.45, 2.75) is 6.54 Å². The molecule has 0 radical (unpaired) electrons. The minimum Gasteiger partial charge on any atom is -0.316 e. The van der Waals surface area contributed by atoms with Crippen molar-refractivity contribution in [1.29, 1.82) is 0 Å². The summed E-state index contributed by atoms with van der Waals surface area (Å²) in [4.78, 5) is 28.6. The predicted octanol–water partition coefficient (Wildman–Crippen LogP) is 2.54. The number of anilines is 1. The summed E-state index contributed by atoms with van der Waals surface area (Å²) in [5.74, 6) is -0.403. The van der Waals surface area contributed by atoms with Crippen molar-refractivity contribution in [2.75, 3.05) is 5.32 Å². The lowest BCUT2D eigenvalue weighted by Crippen LogP contribution is -2.26. The highest BCUT2D eigenvalue weighted by atomic mass is 16.2. The number of amides is 1. The molecule has 23 heavy (non-hydrogen) atoms. The topological polar surface area (TPSA) is 64.0 Å². The largest absolute Gasteiger partial charge is 0.316 e. The summed E-state index contributed by atoms with van der Waals surface area (Å²) in [6, 6.07) is 18.0. The highest BCUT2D eigenvalue weighted by molar-refractivity contribution is 6.02. The van der Waals surface area contributed by atoms with Gasteiger partial charge in [0.15, 0.2) is 0 Å². The summed E-state index contributed by atoms with van der Waals surface area (Å²) < 4.78 is 1.56. The Balaban J connectivity index is 1.83. The summed E-state index contributed by atoms with van der Waals surface area (Å²) in [5, 5.41) is 2.62. The lowest BCUT2D eigenvalue weighted by atomic mass is 10.2. The van der Waals surface area contributed by atoms with Gasteiger partial charge in [-0.2, -0.15) is 0 Å². The first-order chi connectivity index (χ1) is 11.2. The highest BCUT2D eigenvalue weighted by Gasteiger charge is 2.10. The van der Waals surface area contributed by atoms with Crippen LogP contribution in [0.3, 0.4) is 0 Å². The predicted molar refractivity (Wildman–Crippen MR) is 88.4 cm³/mol. The average molecular weight is 305 g/mol. The molecule has 0 aliphatic carbocycles. The van der Waals surface area contributed by atoms with Crippen LogP contribution >= 0.6 is 0 Å². The van der Waals surface area contributed by atoms with Gasteiger partial charge in [0, 0.05) is 12.4 Å². The average Bonchev–Trinajstić information content (AvgIpc) is 2.60. The summed E-state index contributed by atoms with van der Waals surface area (Å²) >= 11 is 0. The van der Waals surface area contributed by atoms with Gasteiger partial charge in [-0.25, -0.2) is 0 Å². The van der Waals surface area contributed by atoms with Gasteiger partial charge >= 0.3 is 0 Å². The SMILES string of the molecule is O=C(Nc1cccn(Cc2ccccc2)c1=O)c1ccccn1. The third kappa shape index (κ3) is 3.52. The van der Waals surface area contributed by atoms with Crippen molar-refractivity contribution in [3.05, 3.63) is 94.7 Å². The summed E-state index contributed by atoms with van der Waals surface area (Å²) in [5.41, 5.74) is 1.27. The van der Waals surface area contributed by atoms with E-state index in [2.05, 4.69) is 10.3 Å². The van der Waals surface area contributed by atoms with Crippen molar-refractivity contribution in [3.8, 4) is 0 Å². The minimum absolute atomic E-state index is 0.235. The molecule has 1 N–H and O–H groups in total. The smallest absolute Gasteiger partial charge is 0.274 e. The molecule has 2 aromatic heterocycles. The van der Waals surface area contributed by atoms with Crippen LogP contribution in [0, 0.1) is 0 Å². The van der Waals surface area contributed by atoms with E-state index in [0.717, 1.165) is 5.56 Å². The van der Waals surface area contributed by atoms with Gasteiger partial charge < -0.3 is 9.88 Å². The number of nitrogens with zero attached hydrogens (tertiary/aromatic N) is 2. The Kier molecular flexibility index (Phi) is 4.29. The number of pyridine rings is 2. The van der Waals surface area contributed by atoms with E-state index in [0.29, 0.717) is 6.54 Å². The second-order valence-corrected chi connectivity index (χ2v) is 5.01. The number of nitrogens with one attached hydrogen (secondary N) is 1. The van der Waals surface area contributed by atoms with Gasteiger partial charge in [0.2, 0.25) is 0 Å². The van der Waals surface area contributed by atoms with Gasteiger partial charge in [-0.3, -0.25) is 14.6 Å². The molecule has 3 rings (SSSR count). The van der Waals surface area contributed by atoms with Crippen molar-refractivity contribution in [3.63, 3.8) is 0 Å². The van der Waals surface area contributed by atoms with Crippen LogP contribution in [0.15, 0.2) is 77.9 Å². The van der Waals surface area contributed by atoms with Crippen LogP contribution in [0.4, 0.5) is 5.69 Å². The summed E-state index contributed by atoms with van der Waals surface area (Å²) in [6.45, 7) is 0.451. The van der Waals surface area contributed by atoms with Gasteiger partial charge in [0.25, 0.3) is 11.5 Å². The van der Waals surface area contributed by atoms with E-state index in [9.17, 15) is 9.59 Å². The Bertz CT molecular complexity index is 858. The normalized spacial score (nSPS) is 10.3. The fraction of sp³-hybridized carbons (Fsp3) is 0.0556. The molecule has 1 aromatic carbocycles.